The van der Waals surface area contributed by atoms with Crippen molar-refractivity contribution in [2.24, 2.45) is 7.05 Å². The molecule has 1 N–H and O–H groups in total. The number of nitrogens with one attached hydrogen (secondary N) is 1. The summed E-state index contributed by atoms with van der Waals surface area (Å²) in [6.07, 6.45) is 0. The highest BCUT2D eigenvalue weighted by atomic mass is 32.2. The number of non-ortho nitro benzene ring substituents is 1. The van der Waals surface area contributed by atoms with Crippen LogP contribution in [0.3, 0.4) is 0 Å². The molecule has 0 spiro atoms. The molecule has 0 radical (unpaired) electrons. The Bertz CT molecular complexity index is 1170. The van der Waals surface area contributed by atoms with Crippen molar-refractivity contribution in [1.29, 1.82) is 0 Å². The van der Waals surface area contributed by atoms with Gasteiger partial charge in [0.25, 0.3) is 11.2 Å². The van der Waals surface area contributed by atoms with E-state index in [0.29, 0.717) is 10.9 Å². The average molecular weight is 374 g/mol. The fourth-order valence-electron chi connectivity index (χ4n) is 2.43. The van der Waals surface area contributed by atoms with Gasteiger partial charge >= 0.3 is 0 Å². The van der Waals surface area contributed by atoms with E-state index in [0.717, 1.165) is 6.07 Å². The lowest BCUT2D eigenvalue weighted by atomic mass is 10.2. The van der Waals surface area contributed by atoms with E-state index < -0.39 is 14.9 Å². The maximum atomic E-state index is 12.4. The number of fused-ring (bicyclic) bond motifs is 1. The molecule has 0 aliphatic heterocycles. The second-order valence-corrected chi connectivity index (χ2v) is 7.26. The summed E-state index contributed by atoms with van der Waals surface area (Å²) in [5.74, 6) is 0.225. The lowest BCUT2D eigenvalue weighted by Crippen LogP contribution is -2.29. The standard InChI is InChI=1S/C16H14N4O5S/c1-19-15(18-14-8-3-2-7-13(14)16(19)21)10-17-26(24,25)12-6-4-5-11(9-12)20(22)23/h2-9,17H,10H2,1H3. The Morgan fingerprint density at radius 1 is 1.19 bits per heavy atom. The molecule has 3 aromatic rings. The predicted molar refractivity (Wildman–Crippen MR) is 94.1 cm³/mol. The fraction of sp³-hybridized carbons (Fsp3) is 0.125. The first-order chi connectivity index (χ1) is 12.3. The number of hydrogen-bond donors (Lipinski definition) is 1. The lowest BCUT2D eigenvalue weighted by Gasteiger charge is -2.11. The Morgan fingerprint density at radius 3 is 2.65 bits per heavy atom. The number of nitrogens with zero attached hydrogens (tertiary/aromatic N) is 3. The summed E-state index contributed by atoms with van der Waals surface area (Å²) < 4.78 is 28.4. The van der Waals surface area contributed by atoms with E-state index in [1.165, 1.54) is 29.8 Å². The molecule has 0 fully saturated rings. The summed E-state index contributed by atoms with van der Waals surface area (Å²) in [7, 11) is -2.51. The van der Waals surface area contributed by atoms with E-state index in [4.69, 9.17) is 0 Å². The van der Waals surface area contributed by atoms with Gasteiger partial charge in [-0.1, -0.05) is 18.2 Å². The summed E-state index contributed by atoms with van der Waals surface area (Å²) in [6.45, 7) is -0.235. The van der Waals surface area contributed by atoms with E-state index in [1.54, 1.807) is 24.3 Å². The van der Waals surface area contributed by atoms with Gasteiger partial charge in [-0.3, -0.25) is 19.5 Å². The van der Waals surface area contributed by atoms with Crippen molar-refractivity contribution in [3.05, 3.63) is 74.8 Å². The molecular weight excluding hydrogens is 360 g/mol. The van der Waals surface area contributed by atoms with Gasteiger partial charge in [0.15, 0.2) is 0 Å². The van der Waals surface area contributed by atoms with Crippen LogP contribution in [0.4, 0.5) is 5.69 Å². The summed E-state index contributed by atoms with van der Waals surface area (Å²) in [5.41, 5.74) is -0.163. The number of aromatic nitrogens is 2. The normalized spacial score (nSPS) is 11.6. The molecule has 0 saturated carbocycles. The zero-order valence-electron chi connectivity index (χ0n) is 13.6. The van der Waals surface area contributed by atoms with Gasteiger partial charge in [-0.2, -0.15) is 0 Å². The third kappa shape index (κ3) is 3.32. The number of benzene rings is 2. The van der Waals surface area contributed by atoms with Gasteiger partial charge in [0, 0.05) is 19.2 Å². The van der Waals surface area contributed by atoms with Crippen molar-refractivity contribution >= 4 is 26.6 Å². The van der Waals surface area contributed by atoms with Crippen molar-refractivity contribution in [3.8, 4) is 0 Å². The second kappa shape index (κ2) is 6.65. The maximum Gasteiger partial charge on any atom is 0.270 e. The first-order valence-electron chi connectivity index (χ1n) is 7.48. The van der Waals surface area contributed by atoms with Crippen LogP contribution in [0.1, 0.15) is 5.82 Å². The minimum atomic E-state index is -4.01. The highest BCUT2D eigenvalue weighted by molar-refractivity contribution is 7.89. The van der Waals surface area contributed by atoms with Gasteiger partial charge in [-0.25, -0.2) is 18.1 Å². The Balaban J connectivity index is 1.92. The predicted octanol–water partition coefficient (Wildman–Crippen LogP) is 1.32. The topological polar surface area (TPSA) is 124 Å². The van der Waals surface area contributed by atoms with E-state index in [1.807, 2.05) is 0 Å². The van der Waals surface area contributed by atoms with Crippen molar-refractivity contribution in [1.82, 2.24) is 14.3 Å². The highest BCUT2D eigenvalue weighted by Crippen LogP contribution is 2.17. The Kier molecular flexibility index (Phi) is 4.53. The first kappa shape index (κ1) is 17.7. The fourth-order valence-corrected chi connectivity index (χ4v) is 3.45. The molecule has 1 heterocycles. The molecule has 3 rings (SSSR count). The van der Waals surface area contributed by atoms with Crippen LogP contribution in [0.15, 0.2) is 58.2 Å². The number of nitro benzene ring substituents is 1. The molecule has 10 heteroatoms. The molecule has 0 aliphatic carbocycles. The molecule has 1 aromatic heterocycles. The zero-order chi connectivity index (χ0) is 18.9. The molecule has 26 heavy (non-hydrogen) atoms. The van der Waals surface area contributed by atoms with Gasteiger partial charge in [-0.05, 0) is 18.2 Å². The Labute approximate surface area is 148 Å². The van der Waals surface area contributed by atoms with Crippen LogP contribution in [-0.2, 0) is 23.6 Å². The number of rotatable bonds is 5. The zero-order valence-corrected chi connectivity index (χ0v) is 14.4. The summed E-state index contributed by atoms with van der Waals surface area (Å²) in [4.78, 5) is 26.5. The molecule has 0 amide bonds. The monoisotopic (exact) mass is 374 g/mol. The molecule has 0 bridgehead atoms. The summed E-state index contributed by atoms with van der Waals surface area (Å²) in [5, 5.41) is 11.2. The SMILES string of the molecule is Cn1c(CNS(=O)(=O)c2cccc([N+](=O)[O-])c2)nc2ccccc2c1=O. The van der Waals surface area contributed by atoms with Crippen molar-refractivity contribution in [3.63, 3.8) is 0 Å². The van der Waals surface area contributed by atoms with Crippen LogP contribution in [0.5, 0.6) is 0 Å². The Hall–Kier alpha value is -3.11. The van der Waals surface area contributed by atoms with Crippen LogP contribution in [0.2, 0.25) is 0 Å². The summed E-state index contributed by atoms with van der Waals surface area (Å²) >= 11 is 0. The minimum Gasteiger partial charge on any atom is -0.298 e. The van der Waals surface area contributed by atoms with Crippen LogP contribution in [0.25, 0.3) is 10.9 Å². The van der Waals surface area contributed by atoms with Gasteiger partial charge in [0.05, 0.1) is 27.3 Å². The van der Waals surface area contributed by atoms with Gasteiger partial charge in [0.1, 0.15) is 5.82 Å². The molecule has 0 aliphatic rings. The number of hydrogen-bond acceptors (Lipinski definition) is 6. The number of para-hydroxylation sites is 1. The average Bonchev–Trinajstić information content (AvgIpc) is 2.63. The summed E-state index contributed by atoms with van der Waals surface area (Å²) in [6, 6.07) is 11.5. The third-order valence-corrected chi connectivity index (χ3v) is 5.23. The highest BCUT2D eigenvalue weighted by Gasteiger charge is 2.18. The molecule has 0 atom stereocenters. The van der Waals surface area contributed by atoms with E-state index in [2.05, 4.69) is 9.71 Å². The lowest BCUT2D eigenvalue weighted by molar-refractivity contribution is -0.385. The van der Waals surface area contributed by atoms with Crippen molar-refractivity contribution in [2.75, 3.05) is 0 Å². The van der Waals surface area contributed by atoms with E-state index in [9.17, 15) is 23.3 Å². The third-order valence-electron chi connectivity index (χ3n) is 3.83. The van der Waals surface area contributed by atoms with Crippen LogP contribution >= 0.6 is 0 Å². The minimum absolute atomic E-state index is 0.225. The Morgan fingerprint density at radius 2 is 1.92 bits per heavy atom. The smallest absolute Gasteiger partial charge is 0.270 e. The molecule has 9 nitrogen and oxygen atoms in total. The van der Waals surface area contributed by atoms with Crippen molar-refractivity contribution < 1.29 is 13.3 Å². The number of sulfonamides is 1. The second-order valence-electron chi connectivity index (χ2n) is 5.49. The van der Waals surface area contributed by atoms with Gasteiger partial charge in [0.2, 0.25) is 10.0 Å². The molecule has 0 unspecified atom stereocenters. The molecule has 134 valence electrons. The van der Waals surface area contributed by atoms with Crippen molar-refractivity contribution in [2.45, 2.75) is 11.4 Å². The maximum absolute atomic E-state index is 12.4. The molecule has 2 aromatic carbocycles. The van der Waals surface area contributed by atoms with Crippen LogP contribution < -0.4 is 10.3 Å². The molecular formula is C16H14N4O5S. The van der Waals surface area contributed by atoms with E-state index >= 15 is 0 Å². The number of nitro groups is 1. The van der Waals surface area contributed by atoms with Crippen LogP contribution in [0, 0.1) is 10.1 Å². The molecule has 0 saturated heterocycles. The largest absolute Gasteiger partial charge is 0.298 e. The van der Waals surface area contributed by atoms with Crippen LogP contribution in [-0.4, -0.2) is 22.9 Å². The van der Waals surface area contributed by atoms with E-state index in [-0.39, 0.29) is 28.5 Å². The quantitative estimate of drug-likeness (QED) is 0.530. The van der Waals surface area contributed by atoms with Gasteiger partial charge in [-0.15, -0.1) is 0 Å². The van der Waals surface area contributed by atoms with Gasteiger partial charge < -0.3 is 0 Å². The first-order valence-corrected chi connectivity index (χ1v) is 8.97.